The van der Waals surface area contributed by atoms with Crippen LogP contribution >= 0.6 is 23.2 Å². The molecular weight excluding hydrogens is 405 g/mol. The summed E-state index contributed by atoms with van der Waals surface area (Å²) in [5, 5.41) is 0.766. The van der Waals surface area contributed by atoms with Gasteiger partial charge in [0.1, 0.15) is 4.90 Å². The molecule has 0 atom stereocenters. The molecule has 0 amide bonds. The fourth-order valence-electron chi connectivity index (χ4n) is 2.28. The number of hydrogen-bond acceptors (Lipinski definition) is 4. The van der Waals surface area contributed by atoms with Crippen molar-refractivity contribution in [2.24, 2.45) is 4.99 Å². The highest BCUT2D eigenvalue weighted by Crippen LogP contribution is 2.29. The number of aliphatic imine (C=N–C) groups is 1. The largest absolute Gasteiger partial charge is 0.377 e. The number of rotatable bonds is 5. The van der Waals surface area contributed by atoms with Crippen molar-refractivity contribution >= 4 is 45.2 Å². The van der Waals surface area contributed by atoms with Crippen LogP contribution in [0.15, 0.2) is 76.6 Å². The van der Waals surface area contributed by atoms with Crippen LogP contribution in [0.3, 0.4) is 0 Å². The molecule has 27 heavy (non-hydrogen) atoms. The zero-order valence-electron chi connectivity index (χ0n) is 14.3. The van der Waals surface area contributed by atoms with E-state index in [0.717, 1.165) is 11.3 Å². The van der Waals surface area contributed by atoms with E-state index in [9.17, 15) is 8.42 Å². The fraction of sp³-hybridized carbons (Fsp3) is 0.0500. The van der Waals surface area contributed by atoms with Gasteiger partial charge in [-0.2, -0.15) is 8.42 Å². The molecule has 3 aromatic rings. The molecule has 0 spiro atoms. The first-order chi connectivity index (χ1) is 12.8. The number of aryl methyl sites for hydroxylation is 1. The normalized spacial score (nSPS) is 11.7. The second-order valence-corrected chi connectivity index (χ2v) is 8.12. The van der Waals surface area contributed by atoms with Gasteiger partial charge in [0.25, 0.3) is 0 Å². The van der Waals surface area contributed by atoms with Gasteiger partial charge < -0.3 is 4.18 Å². The summed E-state index contributed by atoms with van der Waals surface area (Å²) in [6, 6.07) is 18.1. The average Bonchev–Trinajstić information content (AvgIpc) is 2.65. The Morgan fingerprint density at radius 3 is 2.41 bits per heavy atom. The first-order valence-corrected chi connectivity index (χ1v) is 10.1. The Kier molecular flexibility index (Phi) is 5.85. The van der Waals surface area contributed by atoms with E-state index in [-0.39, 0.29) is 15.7 Å². The zero-order valence-corrected chi connectivity index (χ0v) is 16.6. The van der Waals surface area contributed by atoms with Crippen LogP contribution in [0.5, 0.6) is 5.75 Å². The second kappa shape index (κ2) is 8.13. The van der Waals surface area contributed by atoms with Crippen molar-refractivity contribution < 1.29 is 12.6 Å². The molecule has 0 heterocycles. The molecule has 0 aliphatic carbocycles. The minimum Gasteiger partial charge on any atom is -0.377 e. The molecule has 3 aromatic carbocycles. The third-order valence-electron chi connectivity index (χ3n) is 3.71. The van der Waals surface area contributed by atoms with Gasteiger partial charge in [0.15, 0.2) is 5.75 Å². The molecule has 3 rings (SSSR count). The number of benzene rings is 3. The number of halogens is 2. The highest BCUT2D eigenvalue weighted by atomic mass is 35.5. The van der Waals surface area contributed by atoms with E-state index in [0.29, 0.717) is 10.6 Å². The third kappa shape index (κ3) is 4.89. The van der Waals surface area contributed by atoms with E-state index in [1.807, 2.05) is 13.0 Å². The van der Waals surface area contributed by atoms with Crippen LogP contribution in [-0.4, -0.2) is 14.6 Å². The highest BCUT2D eigenvalue weighted by Gasteiger charge is 2.17. The molecule has 0 saturated carbocycles. The lowest BCUT2D eigenvalue weighted by Crippen LogP contribution is -2.09. The maximum atomic E-state index is 12.3. The van der Waals surface area contributed by atoms with Crippen LogP contribution in [0.4, 0.5) is 5.69 Å². The van der Waals surface area contributed by atoms with Crippen molar-refractivity contribution in [3.8, 4) is 5.75 Å². The van der Waals surface area contributed by atoms with Gasteiger partial charge in [-0.1, -0.05) is 47.5 Å². The molecule has 0 aromatic heterocycles. The Hall–Kier alpha value is -2.34. The summed E-state index contributed by atoms with van der Waals surface area (Å²) in [6.45, 7) is 1.93. The summed E-state index contributed by atoms with van der Waals surface area (Å²) in [5.41, 5.74) is 2.42. The van der Waals surface area contributed by atoms with Crippen molar-refractivity contribution in [3.63, 3.8) is 0 Å². The Morgan fingerprint density at radius 2 is 1.70 bits per heavy atom. The van der Waals surface area contributed by atoms with E-state index in [4.69, 9.17) is 27.4 Å². The fourth-order valence-corrected chi connectivity index (χ4v) is 3.69. The van der Waals surface area contributed by atoms with E-state index < -0.39 is 10.1 Å². The molecule has 7 heteroatoms. The lowest BCUT2D eigenvalue weighted by atomic mass is 10.2. The highest BCUT2D eigenvalue weighted by molar-refractivity contribution is 7.87. The molecule has 4 nitrogen and oxygen atoms in total. The number of nitrogens with zero attached hydrogens (tertiary/aromatic N) is 1. The summed E-state index contributed by atoms with van der Waals surface area (Å²) in [5.74, 6) is 0.0524. The molecule has 138 valence electrons. The molecule has 0 aliphatic heterocycles. The molecule has 0 N–H and O–H groups in total. The molecule has 0 bridgehead atoms. The maximum absolute atomic E-state index is 12.3. The SMILES string of the molecule is Cc1ccc(Cl)cc1N=Cc1ccc(OS(=O)(=O)c2ccccc2)c(Cl)c1. The van der Waals surface area contributed by atoms with E-state index in [1.165, 1.54) is 18.2 Å². The Balaban J connectivity index is 1.82. The zero-order chi connectivity index (χ0) is 19.4. The minimum atomic E-state index is -3.95. The van der Waals surface area contributed by atoms with E-state index >= 15 is 0 Å². The lowest BCUT2D eigenvalue weighted by molar-refractivity contribution is 0.486. The molecule has 0 saturated heterocycles. The standard InChI is InChI=1S/C20H15Cl2NO3S/c1-14-7-9-16(21)12-19(14)23-13-15-8-10-20(18(22)11-15)26-27(24,25)17-5-3-2-4-6-17/h2-13H,1H3. The van der Waals surface area contributed by atoms with Crippen molar-refractivity contribution in [2.45, 2.75) is 11.8 Å². The topological polar surface area (TPSA) is 55.7 Å². The summed E-state index contributed by atoms with van der Waals surface area (Å²) in [4.78, 5) is 4.46. The van der Waals surface area contributed by atoms with Gasteiger partial charge in [-0.05, 0) is 60.5 Å². The first-order valence-electron chi connectivity index (χ1n) is 7.94. The average molecular weight is 420 g/mol. The molecule has 0 fully saturated rings. The van der Waals surface area contributed by atoms with Crippen molar-refractivity contribution in [1.29, 1.82) is 0 Å². The number of hydrogen-bond donors (Lipinski definition) is 0. The summed E-state index contributed by atoms with van der Waals surface area (Å²) >= 11 is 12.2. The van der Waals surface area contributed by atoms with Crippen LogP contribution in [0.25, 0.3) is 0 Å². The molecular formula is C20H15Cl2NO3S. The van der Waals surface area contributed by atoms with Crippen LogP contribution in [-0.2, 0) is 10.1 Å². The molecule has 0 unspecified atom stereocenters. The van der Waals surface area contributed by atoms with Crippen LogP contribution in [0.2, 0.25) is 10.0 Å². The Bertz CT molecular complexity index is 1100. The van der Waals surface area contributed by atoms with Crippen molar-refractivity contribution in [1.82, 2.24) is 0 Å². The minimum absolute atomic E-state index is 0.0524. The third-order valence-corrected chi connectivity index (χ3v) is 5.49. The van der Waals surface area contributed by atoms with Gasteiger partial charge in [0.05, 0.1) is 10.7 Å². The first kappa shape index (κ1) is 19.4. The summed E-state index contributed by atoms with van der Waals surface area (Å²) in [7, 11) is -3.95. The second-order valence-electron chi connectivity index (χ2n) is 5.73. The van der Waals surface area contributed by atoms with Gasteiger partial charge >= 0.3 is 10.1 Å². The van der Waals surface area contributed by atoms with Crippen molar-refractivity contribution in [2.75, 3.05) is 0 Å². The van der Waals surface area contributed by atoms with Gasteiger partial charge in [0.2, 0.25) is 0 Å². The van der Waals surface area contributed by atoms with E-state index in [2.05, 4.69) is 4.99 Å². The van der Waals surface area contributed by atoms with Crippen molar-refractivity contribution in [3.05, 3.63) is 87.9 Å². The monoisotopic (exact) mass is 419 g/mol. The smallest absolute Gasteiger partial charge is 0.339 e. The predicted molar refractivity (Wildman–Crippen MR) is 109 cm³/mol. The summed E-state index contributed by atoms with van der Waals surface area (Å²) < 4.78 is 29.7. The quantitative estimate of drug-likeness (QED) is 0.386. The van der Waals surface area contributed by atoms with Gasteiger partial charge in [0, 0.05) is 11.2 Å². The Labute approximate surface area is 168 Å². The molecule has 0 radical (unpaired) electrons. The summed E-state index contributed by atoms with van der Waals surface area (Å²) in [6.07, 6.45) is 1.63. The lowest BCUT2D eigenvalue weighted by Gasteiger charge is -2.09. The molecule has 0 aliphatic rings. The van der Waals surface area contributed by atoms with Gasteiger partial charge in [-0.15, -0.1) is 0 Å². The predicted octanol–water partition coefficient (Wildman–Crippen LogP) is 5.82. The van der Waals surface area contributed by atoms with Gasteiger partial charge in [-0.25, -0.2) is 0 Å². The van der Waals surface area contributed by atoms with Gasteiger partial charge in [-0.3, -0.25) is 4.99 Å². The maximum Gasteiger partial charge on any atom is 0.339 e. The Morgan fingerprint density at radius 1 is 0.963 bits per heavy atom. The van der Waals surface area contributed by atoms with Crippen LogP contribution < -0.4 is 4.18 Å². The van der Waals surface area contributed by atoms with Crippen LogP contribution in [0, 0.1) is 6.92 Å². The van der Waals surface area contributed by atoms with Crippen LogP contribution in [0.1, 0.15) is 11.1 Å². The van der Waals surface area contributed by atoms with E-state index in [1.54, 1.807) is 48.7 Å².